The van der Waals surface area contributed by atoms with E-state index in [0.29, 0.717) is 23.9 Å². The number of hydrogen-bond acceptors (Lipinski definition) is 6. The molecule has 2 heterocycles. The molecule has 0 amide bonds. The van der Waals surface area contributed by atoms with E-state index in [0.717, 1.165) is 18.5 Å². The zero-order chi connectivity index (χ0) is 13.9. The molecule has 0 unspecified atom stereocenters. The molecular weight excluding hydrogens is 280 g/mol. The van der Waals surface area contributed by atoms with E-state index >= 15 is 0 Å². The van der Waals surface area contributed by atoms with Crippen LogP contribution < -0.4 is 10.9 Å². The van der Waals surface area contributed by atoms with E-state index in [4.69, 9.17) is 16.7 Å². The number of nitrogens with one attached hydrogen (secondary N) is 2. The van der Waals surface area contributed by atoms with E-state index in [2.05, 4.69) is 30.4 Å². The number of halogens is 1. The number of fused-ring (bicyclic) bond motifs is 1. The molecule has 108 valence electrons. The second kappa shape index (κ2) is 5.90. The second-order valence-corrected chi connectivity index (χ2v) is 5.22. The third-order valence-electron chi connectivity index (χ3n) is 3.56. The maximum atomic E-state index is 8.78. The Labute approximate surface area is 121 Å². The Morgan fingerprint density at radius 3 is 2.90 bits per heavy atom. The molecule has 0 atom stereocenters. The van der Waals surface area contributed by atoms with Crippen molar-refractivity contribution in [3.63, 3.8) is 0 Å². The first-order chi connectivity index (χ1) is 9.79. The monoisotopic (exact) mass is 296 g/mol. The Balaban J connectivity index is 1.95. The fraction of sp³-hybridized carbons (Fsp3) is 0.583. The number of hydrazine groups is 1. The van der Waals surface area contributed by atoms with Gasteiger partial charge >= 0.3 is 0 Å². The lowest BCUT2D eigenvalue weighted by Crippen LogP contribution is -2.25. The SMILES string of the molecule is OCCNNc1nc(Cl)nc2c1ncn2C1CCCC1. The van der Waals surface area contributed by atoms with Crippen molar-refractivity contribution in [1.82, 2.24) is 24.9 Å². The Morgan fingerprint density at radius 1 is 1.35 bits per heavy atom. The zero-order valence-electron chi connectivity index (χ0n) is 11.0. The van der Waals surface area contributed by atoms with Gasteiger partial charge in [0, 0.05) is 12.6 Å². The Bertz CT molecular complexity index is 595. The quantitative estimate of drug-likeness (QED) is 0.440. The van der Waals surface area contributed by atoms with Crippen LogP contribution in [0.15, 0.2) is 6.33 Å². The van der Waals surface area contributed by atoms with Crippen LogP contribution in [0.25, 0.3) is 11.2 Å². The van der Waals surface area contributed by atoms with Gasteiger partial charge in [-0.05, 0) is 24.4 Å². The van der Waals surface area contributed by atoms with E-state index in [1.165, 1.54) is 12.8 Å². The summed E-state index contributed by atoms with van der Waals surface area (Å²) in [5, 5.41) is 8.96. The largest absolute Gasteiger partial charge is 0.395 e. The molecule has 0 aromatic carbocycles. The predicted octanol–water partition coefficient (Wildman–Crippen LogP) is 1.50. The zero-order valence-corrected chi connectivity index (χ0v) is 11.8. The lowest BCUT2D eigenvalue weighted by Gasteiger charge is -2.12. The van der Waals surface area contributed by atoms with Crippen molar-refractivity contribution in [2.24, 2.45) is 0 Å². The van der Waals surface area contributed by atoms with E-state index in [1.807, 2.05) is 6.33 Å². The normalized spacial score (nSPS) is 16.1. The van der Waals surface area contributed by atoms with Crippen LogP contribution >= 0.6 is 11.6 Å². The molecule has 3 rings (SSSR count). The average molecular weight is 297 g/mol. The summed E-state index contributed by atoms with van der Waals surface area (Å²) >= 11 is 5.99. The van der Waals surface area contributed by atoms with Gasteiger partial charge in [-0.15, -0.1) is 0 Å². The number of aliphatic hydroxyl groups excluding tert-OH is 1. The molecule has 1 aliphatic rings. The van der Waals surface area contributed by atoms with Crippen molar-refractivity contribution in [1.29, 1.82) is 0 Å². The molecule has 1 saturated carbocycles. The first kappa shape index (κ1) is 13.5. The van der Waals surface area contributed by atoms with Crippen molar-refractivity contribution < 1.29 is 5.11 Å². The standard InChI is InChI=1S/C12H17ClN6O/c13-12-16-10(18-15-5-6-20)9-11(17-12)19(7-14-9)8-3-1-2-4-8/h7-8,15,20H,1-6H2,(H,16,17,18). The minimum Gasteiger partial charge on any atom is -0.395 e. The summed E-state index contributed by atoms with van der Waals surface area (Å²) in [6.07, 6.45) is 6.60. The van der Waals surface area contributed by atoms with Crippen molar-refractivity contribution >= 4 is 28.6 Å². The number of rotatable bonds is 5. The second-order valence-electron chi connectivity index (χ2n) is 4.88. The molecule has 2 aromatic heterocycles. The van der Waals surface area contributed by atoms with Crippen LogP contribution in [-0.2, 0) is 0 Å². The van der Waals surface area contributed by atoms with Gasteiger partial charge in [-0.25, -0.2) is 10.4 Å². The smallest absolute Gasteiger partial charge is 0.226 e. The number of aliphatic hydroxyl groups is 1. The number of aromatic nitrogens is 4. The molecule has 3 N–H and O–H groups in total. The molecule has 2 aromatic rings. The summed E-state index contributed by atoms with van der Waals surface area (Å²) < 4.78 is 2.09. The van der Waals surface area contributed by atoms with Crippen LogP contribution in [0.2, 0.25) is 5.28 Å². The first-order valence-corrected chi connectivity index (χ1v) is 7.17. The maximum Gasteiger partial charge on any atom is 0.226 e. The van der Waals surface area contributed by atoms with E-state index in [9.17, 15) is 0 Å². The maximum absolute atomic E-state index is 8.78. The van der Waals surface area contributed by atoms with Gasteiger partial charge in [-0.3, -0.25) is 0 Å². The highest BCUT2D eigenvalue weighted by Gasteiger charge is 2.21. The van der Waals surface area contributed by atoms with Gasteiger partial charge in [-0.1, -0.05) is 12.8 Å². The molecule has 7 nitrogen and oxygen atoms in total. The summed E-state index contributed by atoms with van der Waals surface area (Å²) in [6, 6.07) is 0.448. The fourth-order valence-corrected chi connectivity index (χ4v) is 2.79. The molecule has 1 fully saturated rings. The van der Waals surface area contributed by atoms with Crippen LogP contribution in [0.1, 0.15) is 31.7 Å². The van der Waals surface area contributed by atoms with Crippen LogP contribution in [0.5, 0.6) is 0 Å². The average Bonchev–Trinajstić information content (AvgIpc) is 3.06. The lowest BCUT2D eigenvalue weighted by molar-refractivity contribution is 0.296. The summed E-state index contributed by atoms with van der Waals surface area (Å²) in [7, 11) is 0. The van der Waals surface area contributed by atoms with Crippen molar-refractivity contribution in [2.75, 3.05) is 18.6 Å². The molecule has 8 heteroatoms. The predicted molar refractivity (Wildman–Crippen MR) is 76.5 cm³/mol. The number of imidazole rings is 1. The van der Waals surface area contributed by atoms with Crippen molar-refractivity contribution in [3.8, 4) is 0 Å². The van der Waals surface area contributed by atoms with Gasteiger partial charge in [0.2, 0.25) is 5.28 Å². The van der Waals surface area contributed by atoms with Crippen molar-refractivity contribution in [3.05, 3.63) is 11.6 Å². The van der Waals surface area contributed by atoms with E-state index in [-0.39, 0.29) is 11.9 Å². The lowest BCUT2D eigenvalue weighted by atomic mass is 10.2. The van der Waals surface area contributed by atoms with Gasteiger partial charge in [0.25, 0.3) is 0 Å². The minimum atomic E-state index is 0.0332. The molecule has 1 aliphatic carbocycles. The first-order valence-electron chi connectivity index (χ1n) is 6.79. The van der Waals surface area contributed by atoms with Crippen molar-refractivity contribution in [2.45, 2.75) is 31.7 Å². The molecule has 0 radical (unpaired) electrons. The molecule has 0 bridgehead atoms. The minimum absolute atomic E-state index is 0.0332. The summed E-state index contributed by atoms with van der Waals surface area (Å²) in [5.74, 6) is 0.533. The third-order valence-corrected chi connectivity index (χ3v) is 3.72. The van der Waals surface area contributed by atoms with Crippen LogP contribution in [0, 0.1) is 0 Å². The Hall–Kier alpha value is -1.44. The van der Waals surface area contributed by atoms with E-state index < -0.39 is 0 Å². The number of nitrogens with zero attached hydrogens (tertiary/aromatic N) is 4. The van der Waals surface area contributed by atoms with Crippen LogP contribution in [0.4, 0.5) is 5.82 Å². The van der Waals surface area contributed by atoms with Gasteiger partial charge in [0.05, 0.1) is 12.9 Å². The molecule has 20 heavy (non-hydrogen) atoms. The highest BCUT2D eigenvalue weighted by atomic mass is 35.5. The van der Waals surface area contributed by atoms with Crippen LogP contribution in [-0.4, -0.2) is 37.8 Å². The molecule has 0 spiro atoms. The summed E-state index contributed by atoms with van der Waals surface area (Å²) in [4.78, 5) is 12.8. The van der Waals surface area contributed by atoms with Gasteiger partial charge in [-0.2, -0.15) is 9.97 Å². The highest BCUT2D eigenvalue weighted by Crippen LogP contribution is 2.32. The number of hydrogen-bond donors (Lipinski definition) is 3. The van der Waals surface area contributed by atoms with Gasteiger partial charge in [0.15, 0.2) is 17.0 Å². The Morgan fingerprint density at radius 2 is 2.15 bits per heavy atom. The highest BCUT2D eigenvalue weighted by molar-refractivity contribution is 6.28. The Kier molecular flexibility index (Phi) is 4.00. The third kappa shape index (κ3) is 2.56. The number of anilines is 1. The summed E-state index contributed by atoms with van der Waals surface area (Å²) in [5.41, 5.74) is 7.20. The molecule has 0 aliphatic heterocycles. The fourth-order valence-electron chi connectivity index (χ4n) is 2.63. The topological polar surface area (TPSA) is 87.9 Å². The summed E-state index contributed by atoms with van der Waals surface area (Å²) in [6.45, 7) is 0.442. The van der Waals surface area contributed by atoms with Crippen LogP contribution in [0.3, 0.4) is 0 Å². The molecular formula is C12H17ClN6O. The van der Waals surface area contributed by atoms with Gasteiger partial charge in [0.1, 0.15) is 0 Å². The molecule has 0 saturated heterocycles. The van der Waals surface area contributed by atoms with Gasteiger partial charge < -0.3 is 15.1 Å². The van der Waals surface area contributed by atoms with E-state index in [1.54, 1.807) is 0 Å².